The first kappa shape index (κ1) is 24.6. The van der Waals surface area contributed by atoms with Gasteiger partial charge in [0, 0.05) is 17.1 Å². The summed E-state index contributed by atoms with van der Waals surface area (Å²) in [6.07, 6.45) is 0. The van der Waals surface area contributed by atoms with Crippen LogP contribution in [0.25, 0.3) is 0 Å². The van der Waals surface area contributed by atoms with Gasteiger partial charge in [0.25, 0.3) is 11.5 Å². The number of nitrogens with two attached hydrogens (primary N) is 1. The Morgan fingerprint density at radius 1 is 1.15 bits per heavy atom. The van der Waals surface area contributed by atoms with Crippen LogP contribution in [-0.4, -0.2) is 35.6 Å². The molecule has 0 spiro atoms. The van der Waals surface area contributed by atoms with E-state index in [4.69, 9.17) is 28.9 Å². The predicted octanol–water partition coefficient (Wildman–Crippen LogP) is 1.54. The maximum atomic E-state index is 13.1. The molecule has 0 saturated heterocycles. The molecule has 1 amide bonds. The van der Waals surface area contributed by atoms with Gasteiger partial charge in [-0.3, -0.25) is 24.0 Å². The molecular formula is C23H26Cl2N5O3+. The molecule has 0 bridgehead atoms. The molecule has 33 heavy (non-hydrogen) atoms. The molecule has 2 aromatic carbocycles. The highest BCUT2D eigenvalue weighted by molar-refractivity contribution is 6.35. The Labute approximate surface area is 201 Å². The molecule has 1 aromatic heterocycles. The normalized spacial score (nSPS) is 11.9. The minimum Gasteiger partial charge on any atom is -0.383 e. The maximum absolute atomic E-state index is 13.1. The van der Waals surface area contributed by atoms with E-state index in [1.54, 1.807) is 19.1 Å². The number of carbonyl (C=O) groups excluding carboxylic acids is 1. The van der Waals surface area contributed by atoms with Crippen molar-refractivity contribution in [1.82, 2.24) is 9.55 Å². The number of benzene rings is 2. The van der Waals surface area contributed by atoms with Gasteiger partial charge in [-0.05, 0) is 24.6 Å². The number of nitrogens with zero attached hydrogens (tertiary/aromatic N) is 2. The van der Waals surface area contributed by atoms with E-state index in [2.05, 4.69) is 4.98 Å². The Hall–Kier alpha value is -3.07. The van der Waals surface area contributed by atoms with Crippen molar-refractivity contribution in [2.24, 2.45) is 0 Å². The number of rotatable bonds is 8. The zero-order valence-corrected chi connectivity index (χ0v) is 19.9. The summed E-state index contributed by atoms with van der Waals surface area (Å²) in [4.78, 5) is 42.7. The summed E-state index contributed by atoms with van der Waals surface area (Å²) in [5.41, 5.74) is 6.57. The zero-order valence-electron chi connectivity index (χ0n) is 18.4. The minimum absolute atomic E-state index is 0.0321. The van der Waals surface area contributed by atoms with E-state index in [0.29, 0.717) is 16.6 Å². The third kappa shape index (κ3) is 5.84. The van der Waals surface area contributed by atoms with Crippen molar-refractivity contribution < 1.29 is 9.69 Å². The van der Waals surface area contributed by atoms with E-state index < -0.39 is 11.2 Å². The van der Waals surface area contributed by atoms with Crippen LogP contribution in [0.2, 0.25) is 10.0 Å². The van der Waals surface area contributed by atoms with Gasteiger partial charge in [0.05, 0.1) is 18.6 Å². The molecule has 0 aliphatic carbocycles. The van der Waals surface area contributed by atoms with E-state index in [0.717, 1.165) is 16.0 Å². The summed E-state index contributed by atoms with van der Waals surface area (Å²) < 4.78 is 1.26. The van der Waals surface area contributed by atoms with Gasteiger partial charge in [-0.25, -0.2) is 4.79 Å². The lowest BCUT2D eigenvalue weighted by molar-refractivity contribution is -0.885. The van der Waals surface area contributed by atoms with Gasteiger partial charge in [0.2, 0.25) is 0 Å². The number of halogens is 2. The second-order valence-corrected chi connectivity index (χ2v) is 8.59. The third-order valence-electron chi connectivity index (χ3n) is 5.25. The Morgan fingerprint density at radius 3 is 2.48 bits per heavy atom. The summed E-state index contributed by atoms with van der Waals surface area (Å²) in [7, 11) is 1.85. The number of nitrogens with one attached hydrogen (secondary N) is 2. The Kier molecular flexibility index (Phi) is 7.97. The Morgan fingerprint density at radius 2 is 1.85 bits per heavy atom. The number of aromatic amines is 1. The quantitative estimate of drug-likeness (QED) is 0.445. The standard InChI is InChI=1S/C23H25Cl2N5O3/c1-3-29(19(31)14-28(2)13-16-9-10-17(24)11-18(16)25)20-21(26)30(23(33)27-22(20)32)12-15-7-5-4-6-8-15/h4-11H,3,12-14,26H2,1-2H3,(H,27,32,33)/p+1. The molecule has 0 saturated carbocycles. The van der Waals surface area contributed by atoms with E-state index in [1.807, 2.05) is 43.4 Å². The number of quaternary nitrogens is 1. The van der Waals surface area contributed by atoms with E-state index in [9.17, 15) is 14.4 Å². The fourth-order valence-electron chi connectivity index (χ4n) is 3.63. The summed E-state index contributed by atoms with van der Waals surface area (Å²) in [6, 6.07) is 14.5. The van der Waals surface area contributed by atoms with Crippen LogP contribution in [0.3, 0.4) is 0 Å². The first-order chi connectivity index (χ1) is 15.7. The van der Waals surface area contributed by atoms with Gasteiger partial charge >= 0.3 is 5.69 Å². The summed E-state index contributed by atoms with van der Waals surface area (Å²) in [6.45, 7) is 2.70. The van der Waals surface area contributed by atoms with Crippen LogP contribution < -0.4 is 26.8 Å². The van der Waals surface area contributed by atoms with Gasteiger partial charge in [-0.15, -0.1) is 0 Å². The van der Waals surface area contributed by atoms with E-state index in [-0.39, 0.29) is 37.0 Å². The average Bonchev–Trinajstić information content (AvgIpc) is 2.76. The molecule has 8 nitrogen and oxygen atoms in total. The molecule has 1 heterocycles. The second-order valence-electron chi connectivity index (χ2n) is 7.75. The number of aromatic nitrogens is 2. The van der Waals surface area contributed by atoms with Crippen molar-refractivity contribution in [3.8, 4) is 0 Å². The zero-order chi connectivity index (χ0) is 24.1. The lowest BCUT2D eigenvalue weighted by Crippen LogP contribution is -3.09. The van der Waals surface area contributed by atoms with Crippen LogP contribution in [0.15, 0.2) is 58.1 Å². The fraction of sp³-hybridized carbons (Fsp3) is 0.261. The maximum Gasteiger partial charge on any atom is 0.330 e. The topological polar surface area (TPSA) is 106 Å². The number of carbonyl (C=O) groups is 1. The minimum atomic E-state index is -0.699. The average molecular weight is 491 g/mol. The molecule has 10 heteroatoms. The van der Waals surface area contributed by atoms with Crippen LogP contribution in [0.1, 0.15) is 18.1 Å². The number of H-pyrrole nitrogens is 1. The highest BCUT2D eigenvalue weighted by Crippen LogP contribution is 2.20. The van der Waals surface area contributed by atoms with Gasteiger partial charge < -0.3 is 10.6 Å². The van der Waals surface area contributed by atoms with Crippen molar-refractivity contribution in [3.63, 3.8) is 0 Å². The SMILES string of the molecule is CCN(C(=O)C[NH+](C)Cc1ccc(Cl)cc1Cl)c1c(N)n(Cc2ccccc2)c(=O)[nH]c1=O. The van der Waals surface area contributed by atoms with E-state index >= 15 is 0 Å². The van der Waals surface area contributed by atoms with Crippen molar-refractivity contribution in [2.45, 2.75) is 20.0 Å². The van der Waals surface area contributed by atoms with Crippen molar-refractivity contribution in [3.05, 3.63) is 90.5 Å². The fourth-order valence-corrected chi connectivity index (χ4v) is 4.10. The molecular weight excluding hydrogens is 465 g/mol. The van der Waals surface area contributed by atoms with Gasteiger partial charge in [-0.1, -0.05) is 59.6 Å². The van der Waals surface area contributed by atoms with Crippen LogP contribution in [0.4, 0.5) is 11.5 Å². The number of likely N-dealkylation sites (N-methyl/N-ethyl adjacent to an activating group) is 2. The summed E-state index contributed by atoms with van der Waals surface area (Å²) in [5.74, 6) is -0.358. The molecule has 3 rings (SSSR count). The Bertz CT molecular complexity index is 1260. The van der Waals surface area contributed by atoms with E-state index in [1.165, 1.54) is 9.47 Å². The van der Waals surface area contributed by atoms with Gasteiger partial charge in [0.15, 0.2) is 12.2 Å². The lowest BCUT2D eigenvalue weighted by atomic mass is 10.2. The van der Waals surface area contributed by atoms with Crippen LogP contribution in [0.5, 0.6) is 0 Å². The second kappa shape index (κ2) is 10.7. The molecule has 174 valence electrons. The number of hydrogen-bond acceptors (Lipinski definition) is 4. The largest absolute Gasteiger partial charge is 0.383 e. The highest BCUT2D eigenvalue weighted by Gasteiger charge is 2.25. The van der Waals surface area contributed by atoms with Crippen LogP contribution >= 0.6 is 23.2 Å². The molecule has 0 radical (unpaired) electrons. The van der Waals surface area contributed by atoms with Crippen LogP contribution in [0, 0.1) is 0 Å². The monoisotopic (exact) mass is 490 g/mol. The first-order valence-electron chi connectivity index (χ1n) is 10.4. The van der Waals surface area contributed by atoms with Gasteiger partial charge in [0.1, 0.15) is 12.4 Å². The molecule has 1 atom stereocenters. The van der Waals surface area contributed by atoms with Crippen molar-refractivity contribution in [2.75, 3.05) is 30.8 Å². The Balaban J connectivity index is 1.85. The molecule has 0 aliphatic rings. The summed E-state index contributed by atoms with van der Waals surface area (Å²) >= 11 is 12.2. The summed E-state index contributed by atoms with van der Waals surface area (Å²) in [5, 5.41) is 1.06. The predicted molar refractivity (Wildman–Crippen MR) is 131 cm³/mol. The third-order valence-corrected chi connectivity index (χ3v) is 5.83. The number of nitrogen functional groups attached to an aromatic ring is 1. The lowest BCUT2D eigenvalue weighted by Gasteiger charge is -2.24. The van der Waals surface area contributed by atoms with Crippen molar-refractivity contribution >= 4 is 40.6 Å². The highest BCUT2D eigenvalue weighted by atomic mass is 35.5. The number of amides is 1. The van der Waals surface area contributed by atoms with Gasteiger partial charge in [-0.2, -0.15) is 0 Å². The molecule has 1 unspecified atom stereocenters. The molecule has 0 aliphatic heterocycles. The number of anilines is 2. The van der Waals surface area contributed by atoms with Crippen LogP contribution in [-0.2, 0) is 17.9 Å². The molecule has 4 N–H and O–H groups in total. The first-order valence-corrected chi connectivity index (χ1v) is 11.2. The molecule has 3 aromatic rings. The number of hydrogen-bond donors (Lipinski definition) is 3. The smallest absolute Gasteiger partial charge is 0.330 e. The molecule has 0 fully saturated rings. The van der Waals surface area contributed by atoms with Crippen molar-refractivity contribution in [1.29, 1.82) is 0 Å².